The maximum absolute atomic E-state index is 11.6. The van der Waals surface area contributed by atoms with Gasteiger partial charge in [-0.05, 0) is 22.4 Å². The summed E-state index contributed by atoms with van der Waals surface area (Å²) in [6, 6.07) is 2.09. The number of hydrogen-bond donors (Lipinski definition) is 0. The first-order valence-corrected chi connectivity index (χ1v) is 5.70. The van der Waals surface area contributed by atoms with E-state index in [1.807, 2.05) is 11.4 Å². The topological polar surface area (TPSA) is 29.5 Å². The van der Waals surface area contributed by atoms with E-state index >= 15 is 0 Å². The van der Waals surface area contributed by atoms with Crippen molar-refractivity contribution in [3.63, 3.8) is 0 Å². The number of carbonyl (C=O) groups is 1. The SMILES string of the molecule is C=CCN1C(=O)[C@@H](OC)[C@H]1c1ccsc1. The van der Waals surface area contributed by atoms with Crippen LogP contribution < -0.4 is 0 Å². The second-order valence-electron chi connectivity index (χ2n) is 3.44. The summed E-state index contributed by atoms with van der Waals surface area (Å²) < 4.78 is 5.19. The zero-order valence-electron chi connectivity index (χ0n) is 8.55. The zero-order valence-corrected chi connectivity index (χ0v) is 9.37. The van der Waals surface area contributed by atoms with Crippen LogP contribution in [0.3, 0.4) is 0 Å². The van der Waals surface area contributed by atoms with E-state index in [-0.39, 0.29) is 18.1 Å². The molecule has 1 fully saturated rings. The smallest absolute Gasteiger partial charge is 0.255 e. The molecule has 2 rings (SSSR count). The summed E-state index contributed by atoms with van der Waals surface area (Å²) in [5, 5.41) is 4.07. The van der Waals surface area contributed by atoms with Gasteiger partial charge in [0.1, 0.15) is 0 Å². The molecule has 4 heteroatoms. The Labute approximate surface area is 93.0 Å². The number of methoxy groups -OCH3 is 1. The van der Waals surface area contributed by atoms with Crippen LogP contribution in [-0.4, -0.2) is 30.6 Å². The molecular weight excluding hydrogens is 210 g/mol. The predicted octanol–water partition coefficient (Wildman–Crippen LogP) is 1.83. The van der Waals surface area contributed by atoms with Gasteiger partial charge in [-0.15, -0.1) is 6.58 Å². The average molecular weight is 223 g/mol. The van der Waals surface area contributed by atoms with Crippen LogP contribution >= 0.6 is 11.3 Å². The summed E-state index contributed by atoms with van der Waals surface area (Å²) in [7, 11) is 1.58. The molecule has 0 spiro atoms. The van der Waals surface area contributed by atoms with Gasteiger partial charge < -0.3 is 9.64 Å². The minimum absolute atomic E-state index is 0.0496. The van der Waals surface area contributed by atoms with E-state index in [1.165, 1.54) is 0 Å². The molecule has 3 nitrogen and oxygen atoms in total. The first-order valence-electron chi connectivity index (χ1n) is 4.76. The number of hydrogen-bond acceptors (Lipinski definition) is 3. The van der Waals surface area contributed by atoms with E-state index in [1.54, 1.807) is 29.4 Å². The van der Waals surface area contributed by atoms with Crippen LogP contribution in [0.2, 0.25) is 0 Å². The summed E-state index contributed by atoms with van der Waals surface area (Å²) in [5.41, 5.74) is 1.15. The molecule has 1 aliphatic rings. The molecule has 1 aromatic heterocycles. The van der Waals surface area contributed by atoms with E-state index in [0.29, 0.717) is 6.54 Å². The molecule has 0 radical (unpaired) electrons. The largest absolute Gasteiger partial charge is 0.369 e. The molecule has 1 saturated heterocycles. The van der Waals surface area contributed by atoms with Crippen LogP contribution in [0, 0.1) is 0 Å². The minimum atomic E-state index is -0.320. The van der Waals surface area contributed by atoms with Crippen molar-refractivity contribution in [2.45, 2.75) is 12.1 Å². The van der Waals surface area contributed by atoms with Gasteiger partial charge in [-0.3, -0.25) is 4.79 Å². The van der Waals surface area contributed by atoms with Crippen molar-refractivity contribution in [3.05, 3.63) is 35.0 Å². The van der Waals surface area contributed by atoms with Crippen molar-refractivity contribution in [1.82, 2.24) is 4.90 Å². The van der Waals surface area contributed by atoms with Gasteiger partial charge in [-0.1, -0.05) is 6.08 Å². The van der Waals surface area contributed by atoms with Gasteiger partial charge in [0.2, 0.25) is 0 Å². The highest BCUT2D eigenvalue weighted by Crippen LogP contribution is 2.37. The molecule has 0 N–H and O–H groups in total. The molecule has 0 unspecified atom stereocenters. The van der Waals surface area contributed by atoms with Gasteiger partial charge in [0.25, 0.3) is 5.91 Å². The van der Waals surface area contributed by atoms with E-state index in [0.717, 1.165) is 5.56 Å². The van der Waals surface area contributed by atoms with Crippen molar-refractivity contribution in [1.29, 1.82) is 0 Å². The van der Waals surface area contributed by atoms with E-state index in [9.17, 15) is 4.79 Å². The number of nitrogens with zero attached hydrogens (tertiary/aromatic N) is 1. The highest BCUT2D eigenvalue weighted by atomic mass is 32.1. The Kier molecular flexibility index (Phi) is 2.88. The monoisotopic (exact) mass is 223 g/mol. The standard InChI is InChI=1S/C11H13NO2S/c1-3-5-12-9(8-4-6-15-7-8)10(14-2)11(12)13/h3-4,6-7,9-10H,1,5H2,2H3/t9-,10+/m1/s1. The van der Waals surface area contributed by atoms with Gasteiger partial charge in [0.05, 0.1) is 6.04 Å². The lowest BCUT2D eigenvalue weighted by Crippen LogP contribution is -2.59. The van der Waals surface area contributed by atoms with Gasteiger partial charge in [0, 0.05) is 13.7 Å². The van der Waals surface area contributed by atoms with Crippen molar-refractivity contribution in [3.8, 4) is 0 Å². The van der Waals surface area contributed by atoms with Gasteiger partial charge >= 0.3 is 0 Å². The highest BCUT2D eigenvalue weighted by Gasteiger charge is 2.47. The van der Waals surface area contributed by atoms with E-state index in [4.69, 9.17) is 4.74 Å². The Hall–Kier alpha value is -1.13. The van der Waals surface area contributed by atoms with E-state index in [2.05, 4.69) is 12.0 Å². The third-order valence-corrected chi connectivity index (χ3v) is 3.31. The van der Waals surface area contributed by atoms with E-state index < -0.39 is 0 Å². The lowest BCUT2D eigenvalue weighted by atomic mass is 9.92. The molecule has 0 saturated carbocycles. The Morgan fingerprint density at radius 3 is 3.07 bits per heavy atom. The van der Waals surface area contributed by atoms with Crippen LogP contribution in [0.5, 0.6) is 0 Å². The Bertz CT molecular complexity index is 361. The van der Waals surface area contributed by atoms with Crippen molar-refractivity contribution in [2.75, 3.05) is 13.7 Å². The average Bonchev–Trinajstić information content (AvgIpc) is 2.74. The fourth-order valence-electron chi connectivity index (χ4n) is 1.89. The first-order chi connectivity index (χ1) is 7.29. The summed E-state index contributed by atoms with van der Waals surface area (Å²) in [6.45, 7) is 4.23. The number of amides is 1. The molecule has 0 aromatic carbocycles. The Morgan fingerprint density at radius 1 is 1.73 bits per heavy atom. The molecule has 1 amide bonds. The Morgan fingerprint density at radius 2 is 2.53 bits per heavy atom. The van der Waals surface area contributed by atoms with Crippen molar-refractivity contribution >= 4 is 17.2 Å². The summed E-state index contributed by atoms with van der Waals surface area (Å²) in [6.07, 6.45) is 1.42. The molecule has 1 aliphatic heterocycles. The molecule has 0 aliphatic carbocycles. The fraction of sp³-hybridized carbons (Fsp3) is 0.364. The van der Waals surface area contributed by atoms with Crippen LogP contribution in [0.25, 0.3) is 0 Å². The third kappa shape index (κ3) is 1.60. The van der Waals surface area contributed by atoms with Crippen molar-refractivity contribution in [2.24, 2.45) is 0 Å². The lowest BCUT2D eigenvalue weighted by molar-refractivity contribution is -0.169. The molecule has 80 valence electrons. The molecular formula is C11H13NO2S. The number of likely N-dealkylation sites (tertiary alicyclic amines) is 1. The van der Waals surface area contributed by atoms with Crippen LogP contribution in [0.1, 0.15) is 11.6 Å². The minimum Gasteiger partial charge on any atom is -0.369 e. The number of rotatable bonds is 4. The summed E-state index contributed by atoms with van der Waals surface area (Å²) in [4.78, 5) is 13.4. The highest BCUT2D eigenvalue weighted by molar-refractivity contribution is 7.08. The zero-order chi connectivity index (χ0) is 10.8. The lowest BCUT2D eigenvalue weighted by Gasteiger charge is -2.45. The fourth-order valence-corrected chi connectivity index (χ4v) is 2.58. The quantitative estimate of drug-likeness (QED) is 0.575. The summed E-state index contributed by atoms with van der Waals surface area (Å²) >= 11 is 1.63. The second kappa shape index (κ2) is 4.16. The third-order valence-electron chi connectivity index (χ3n) is 2.61. The maximum Gasteiger partial charge on any atom is 0.255 e. The Balaban J connectivity index is 2.20. The molecule has 2 heterocycles. The predicted molar refractivity (Wildman–Crippen MR) is 59.8 cm³/mol. The maximum atomic E-state index is 11.6. The van der Waals surface area contributed by atoms with Crippen molar-refractivity contribution < 1.29 is 9.53 Å². The number of carbonyl (C=O) groups excluding carboxylic acids is 1. The van der Waals surface area contributed by atoms with Crippen LogP contribution in [-0.2, 0) is 9.53 Å². The summed E-state index contributed by atoms with van der Waals surface area (Å²) in [5.74, 6) is 0.0496. The second-order valence-corrected chi connectivity index (χ2v) is 4.22. The molecule has 0 bridgehead atoms. The van der Waals surface area contributed by atoms with Gasteiger partial charge in [-0.25, -0.2) is 0 Å². The number of thiophene rings is 1. The van der Waals surface area contributed by atoms with Gasteiger partial charge in [-0.2, -0.15) is 11.3 Å². The van der Waals surface area contributed by atoms with Crippen LogP contribution in [0.15, 0.2) is 29.5 Å². The van der Waals surface area contributed by atoms with Gasteiger partial charge in [0.15, 0.2) is 6.10 Å². The molecule has 1 aromatic rings. The van der Waals surface area contributed by atoms with Crippen LogP contribution in [0.4, 0.5) is 0 Å². The first kappa shape index (κ1) is 10.4. The number of ether oxygens (including phenoxy) is 1. The molecule has 2 atom stereocenters. The molecule has 15 heavy (non-hydrogen) atoms. The normalized spacial score (nSPS) is 25.1. The number of β-lactam (4-membered cyclic amide) rings is 1.